The molecule has 3 aromatic carbocycles. The lowest BCUT2D eigenvalue weighted by Crippen LogP contribution is -2.25. The maximum absolute atomic E-state index is 12.8. The number of esters is 1. The molecule has 176 valence electrons. The summed E-state index contributed by atoms with van der Waals surface area (Å²) >= 11 is 0. The highest BCUT2D eigenvalue weighted by Gasteiger charge is 2.23. The van der Waals surface area contributed by atoms with E-state index in [9.17, 15) is 14.4 Å². The standard InChI is InChI=1S/C27H29N3O4/c1-27(2,3)34-24(31)17-23(18-9-5-4-6-10-18)19-11-7-13-21(15-19)29-25(32)20-12-8-14-22(16-20)30-26(28)33/h4-16,23H,17H2,1-3H3,(H,29,32)(H3,28,30,33). The predicted octanol–water partition coefficient (Wildman–Crippen LogP) is 5.29. The first-order chi connectivity index (χ1) is 16.1. The molecule has 34 heavy (non-hydrogen) atoms. The predicted molar refractivity (Wildman–Crippen MR) is 133 cm³/mol. The average Bonchev–Trinajstić information content (AvgIpc) is 2.77. The normalized spacial score (nSPS) is 11.9. The Balaban J connectivity index is 1.84. The highest BCUT2D eigenvalue weighted by molar-refractivity contribution is 6.05. The Morgan fingerprint density at radius 1 is 0.824 bits per heavy atom. The molecule has 0 aliphatic carbocycles. The van der Waals surface area contributed by atoms with Crippen LogP contribution in [0.15, 0.2) is 78.9 Å². The molecule has 0 spiro atoms. The summed E-state index contributed by atoms with van der Waals surface area (Å²) in [7, 11) is 0. The van der Waals surface area contributed by atoms with Gasteiger partial charge in [0.25, 0.3) is 5.91 Å². The van der Waals surface area contributed by atoms with Gasteiger partial charge < -0.3 is 21.1 Å². The first-order valence-corrected chi connectivity index (χ1v) is 11.0. The summed E-state index contributed by atoms with van der Waals surface area (Å²) in [6, 6.07) is 22.9. The molecule has 4 N–H and O–H groups in total. The number of anilines is 2. The highest BCUT2D eigenvalue weighted by Crippen LogP contribution is 2.31. The van der Waals surface area contributed by atoms with E-state index in [1.165, 1.54) is 0 Å². The zero-order valence-corrected chi connectivity index (χ0v) is 19.5. The molecule has 0 aromatic heterocycles. The Labute approximate surface area is 199 Å². The van der Waals surface area contributed by atoms with Crippen molar-refractivity contribution >= 4 is 29.3 Å². The molecule has 7 nitrogen and oxygen atoms in total. The number of hydrogen-bond donors (Lipinski definition) is 3. The third-order valence-corrected chi connectivity index (χ3v) is 4.93. The molecule has 0 saturated carbocycles. The third kappa shape index (κ3) is 7.20. The van der Waals surface area contributed by atoms with E-state index in [0.29, 0.717) is 16.9 Å². The zero-order valence-electron chi connectivity index (χ0n) is 19.5. The first kappa shape index (κ1) is 24.5. The second-order valence-electron chi connectivity index (χ2n) is 8.90. The van der Waals surface area contributed by atoms with E-state index in [-0.39, 0.29) is 24.2 Å². The molecule has 1 atom stereocenters. The number of urea groups is 1. The van der Waals surface area contributed by atoms with Crippen molar-refractivity contribution in [1.29, 1.82) is 0 Å². The Kier molecular flexibility index (Phi) is 7.68. The highest BCUT2D eigenvalue weighted by atomic mass is 16.6. The minimum absolute atomic E-state index is 0.166. The number of rotatable bonds is 7. The lowest BCUT2D eigenvalue weighted by atomic mass is 9.88. The molecule has 0 aliphatic heterocycles. The van der Waals surface area contributed by atoms with Crippen LogP contribution in [0.2, 0.25) is 0 Å². The summed E-state index contributed by atoms with van der Waals surface area (Å²) < 4.78 is 5.55. The van der Waals surface area contributed by atoms with Crippen LogP contribution in [-0.2, 0) is 9.53 Å². The molecular weight excluding hydrogens is 430 g/mol. The van der Waals surface area contributed by atoms with Crippen molar-refractivity contribution in [2.75, 3.05) is 10.6 Å². The number of nitrogens with one attached hydrogen (secondary N) is 2. The van der Waals surface area contributed by atoms with E-state index in [1.807, 2.05) is 69.3 Å². The van der Waals surface area contributed by atoms with E-state index >= 15 is 0 Å². The summed E-state index contributed by atoms with van der Waals surface area (Å²) in [5.74, 6) is -0.876. The molecule has 1 unspecified atom stereocenters. The Morgan fingerprint density at radius 3 is 2.09 bits per heavy atom. The van der Waals surface area contributed by atoms with Crippen molar-refractivity contribution in [3.05, 3.63) is 95.6 Å². The van der Waals surface area contributed by atoms with Crippen LogP contribution in [0, 0.1) is 0 Å². The van der Waals surface area contributed by atoms with Gasteiger partial charge in [-0.3, -0.25) is 9.59 Å². The van der Waals surface area contributed by atoms with Crippen LogP contribution in [0.25, 0.3) is 0 Å². The van der Waals surface area contributed by atoms with Gasteiger partial charge in [-0.1, -0.05) is 48.5 Å². The first-order valence-electron chi connectivity index (χ1n) is 11.0. The number of hydrogen-bond acceptors (Lipinski definition) is 4. The third-order valence-electron chi connectivity index (χ3n) is 4.93. The summed E-state index contributed by atoms with van der Waals surface area (Å²) in [5, 5.41) is 5.33. The van der Waals surface area contributed by atoms with Crippen LogP contribution < -0.4 is 16.4 Å². The maximum atomic E-state index is 12.8. The van der Waals surface area contributed by atoms with Gasteiger partial charge in [-0.25, -0.2) is 4.79 Å². The number of benzene rings is 3. The zero-order chi connectivity index (χ0) is 24.7. The van der Waals surface area contributed by atoms with Gasteiger partial charge in [0.05, 0.1) is 6.42 Å². The molecule has 0 radical (unpaired) electrons. The molecule has 0 fully saturated rings. The molecule has 3 rings (SSSR count). The van der Waals surface area contributed by atoms with Crippen LogP contribution in [0.5, 0.6) is 0 Å². The van der Waals surface area contributed by atoms with Crippen LogP contribution in [0.1, 0.15) is 54.6 Å². The van der Waals surface area contributed by atoms with Crippen molar-refractivity contribution in [2.24, 2.45) is 5.73 Å². The molecule has 0 saturated heterocycles. The Bertz CT molecular complexity index is 1170. The summed E-state index contributed by atoms with van der Waals surface area (Å²) in [6.07, 6.45) is 0.166. The van der Waals surface area contributed by atoms with E-state index in [4.69, 9.17) is 10.5 Å². The van der Waals surface area contributed by atoms with E-state index in [2.05, 4.69) is 10.6 Å². The average molecular weight is 460 g/mol. The van der Waals surface area contributed by atoms with Gasteiger partial charge in [-0.15, -0.1) is 0 Å². The van der Waals surface area contributed by atoms with Crippen LogP contribution in [0.4, 0.5) is 16.2 Å². The van der Waals surface area contributed by atoms with E-state index < -0.39 is 11.6 Å². The van der Waals surface area contributed by atoms with Crippen LogP contribution in [0.3, 0.4) is 0 Å². The number of carbonyl (C=O) groups excluding carboxylic acids is 3. The smallest absolute Gasteiger partial charge is 0.316 e. The molecule has 3 aromatic rings. The SMILES string of the molecule is CC(C)(C)OC(=O)CC(c1ccccc1)c1cccc(NC(=O)c2cccc(NC(N)=O)c2)c1. The molecule has 0 heterocycles. The van der Waals surface area contributed by atoms with Gasteiger partial charge in [0.1, 0.15) is 5.60 Å². The topological polar surface area (TPSA) is 111 Å². The van der Waals surface area contributed by atoms with Gasteiger partial charge in [-0.2, -0.15) is 0 Å². The number of carbonyl (C=O) groups is 3. The van der Waals surface area contributed by atoms with Crippen molar-refractivity contribution < 1.29 is 19.1 Å². The lowest BCUT2D eigenvalue weighted by Gasteiger charge is -2.23. The molecule has 0 aliphatic rings. The minimum Gasteiger partial charge on any atom is -0.460 e. The van der Waals surface area contributed by atoms with Crippen molar-refractivity contribution in [1.82, 2.24) is 0 Å². The van der Waals surface area contributed by atoms with E-state index in [0.717, 1.165) is 11.1 Å². The quantitative estimate of drug-likeness (QED) is 0.417. The fourth-order valence-corrected chi connectivity index (χ4v) is 3.58. The van der Waals surface area contributed by atoms with Crippen LogP contribution >= 0.6 is 0 Å². The number of nitrogens with two attached hydrogens (primary N) is 1. The number of amides is 3. The van der Waals surface area contributed by atoms with Gasteiger partial charge in [0.15, 0.2) is 0 Å². The lowest BCUT2D eigenvalue weighted by molar-refractivity contribution is -0.155. The summed E-state index contributed by atoms with van der Waals surface area (Å²) in [6.45, 7) is 5.52. The summed E-state index contributed by atoms with van der Waals surface area (Å²) in [4.78, 5) is 36.5. The Morgan fingerprint density at radius 2 is 1.44 bits per heavy atom. The van der Waals surface area contributed by atoms with E-state index in [1.54, 1.807) is 30.3 Å². The van der Waals surface area contributed by atoms with Crippen molar-refractivity contribution in [2.45, 2.75) is 38.7 Å². The number of primary amides is 1. The van der Waals surface area contributed by atoms with Gasteiger partial charge >= 0.3 is 12.0 Å². The second kappa shape index (κ2) is 10.7. The molecule has 3 amide bonds. The van der Waals surface area contributed by atoms with Crippen molar-refractivity contribution in [3.8, 4) is 0 Å². The van der Waals surface area contributed by atoms with Crippen LogP contribution in [-0.4, -0.2) is 23.5 Å². The monoisotopic (exact) mass is 459 g/mol. The minimum atomic E-state index is -0.706. The molecule has 7 heteroatoms. The fraction of sp³-hybridized carbons (Fsp3) is 0.222. The summed E-state index contributed by atoms with van der Waals surface area (Å²) in [5.41, 5.74) is 7.80. The Hall–Kier alpha value is -4.13. The molecule has 0 bridgehead atoms. The van der Waals surface area contributed by atoms with Gasteiger partial charge in [-0.05, 0) is 62.2 Å². The second-order valence-corrected chi connectivity index (χ2v) is 8.90. The fourth-order valence-electron chi connectivity index (χ4n) is 3.58. The van der Waals surface area contributed by atoms with Crippen molar-refractivity contribution in [3.63, 3.8) is 0 Å². The maximum Gasteiger partial charge on any atom is 0.316 e. The van der Waals surface area contributed by atoms with Gasteiger partial charge in [0, 0.05) is 22.9 Å². The largest absolute Gasteiger partial charge is 0.460 e. The van der Waals surface area contributed by atoms with Gasteiger partial charge in [0.2, 0.25) is 0 Å². The number of ether oxygens (including phenoxy) is 1. The molecular formula is C27H29N3O4.